The number of ether oxygens (including phenoxy) is 2. The van der Waals surface area contributed by atoms with Crippen LogP contribution in [0.4, 0.5) is 8.78 Å². The molecular weight excluding hydrogens is 430 g/mol. The predicted octanol–water partition coefficient (Wildman–Crippen LogP) is 3.14. The molecule has 0 atom stereocenters. The third-order valence-corrected chi connectivity index (χ3v) is 5.13. The van der Waals surface area contributed by atoms with Crippen molar-refractivity contribution in [3.63, 3.8) is 0 Å². The molecule has 11 heteroatoms. The first kappa shape index (κ1) is 22.2. The van der Waals surface area contributed by atoms with Crippen molar-refractivity contribution in [3.05, 3.63) is 54.1 Å². The number of thioether (sulfide) groups is 1. The molecule has 3 rings (SSSR count). The highest BCUT2D eigenvalue weighted by Crippen LogP contribution is 2.24. The number of carbonyl (C=O) groups excluding carboxylic acids is 2. The van der Waals surface area contributed by atoms with E-state index in [4.69, 9.17) is 4.74 Å². The van der Waals surface area contributed by atoms with E-state index in [0.717, 1.165) is 23.1 Å². The Morgan fingerprint density at radius 1 is 1.06 bits per heavy atom. The Kier molecular flexibility index (Phi) is 7.19. The summed E-state index contributed by atoms with van der Waals surface area (Å²) in [6, 6.07) is 12.3. The Labute approximate surface area is 180 Å². The molecule has 162 valence electrons. The Hall–Kier alpha value is -3.47. The second-order valence-electron chi connectivity index (χ2n) is 6.16. The Morgan fingerprint density at radius 3 is 2.32 bits per heavy atom. The van der Waals surface area contributed by atoms with Gasteiger partial charge < -0.3 is 14.0 Å². The van der Waals surface area contributed by atoms with Gasteiger partial charge in [-0.2, -0.15) is 8.78 Å². The summed E-state index contributed by atoms with van der Waals surface area (Å²) in [6.45, 7) is -2.95. The number of hydrogen-bond donors (Lipinski definition) is 1. The van der Waals surface area contributed by atoms with Crippen molar-refractivity contribution in [2.45, 2.75) is 11.8 Å². The number of amides is 2. The lowest BCUT2D eigenvalue weighted by atomic mass is 10.2. The third-order valence-electron chi connectivity index (χ3n) is 4.11. The van der Waals surface area contributed by atoms with Crippen molar-refractivity contribution in [1.29, 1.82) is 0 Å². The molecule has 0 aliphatic rings. The first-order valence-corrected chi connectivity index (χ1v) is 9.91. The van der Waals surface area contributed by atoms with Gasteiger partial charge in [-0.15, -0.1) is 10.2 Å². The number of nitrogens with zero attached hydrogens (tertiary/aromatic N) is 3. The number of carbonyl (C=O) groups is 2. The van der Waals surface area contributed by atoms with E-state index in [1.807, 2.05) is 24.3 Å². The van der Waals surface area contributed by atoms with Crippen LogP contribution in [0.25, 0.3) is 11.4 Å². The van der Waals surface area contributed by atoms with Gasteiger partial charge in [-0.25, -0.2) is 0 Å². The minimum Gasteiger partial charge on any atom is -0.497 e. The van der Waals surface area contributed by atoms with Crippen LogP contribution < -0.4 is 14.8 Å². The van der Waals surface area contributed by atoms with Crippen LogP contribution in [0, 0.1) is 0 Å². The molecule has 0 saturated heterocycles. The average Bonchev–Trinajstić information content (AvgIpc) is 3.12. The molecule has 2 aromatic carbocycles. The molecule has 0 unspecified atom stereocenters. The van der Waals surface area contributed by atoms with Gasteiger partial charge in [-0.3, -0.25) is 14.9 Å². The lowest BCUT2D eigenvalue weighted by molar-refractivity contribution is -0.117. The monoisotopic (exact) mass is 448 g/mol. The molecule has 3 aromatic rings. The quantitative estimate of drug-likeness (QED) is 0.529. The summed E-state index contributed by atoms with van der Waals surface area (Å²) in [5.41, 5.74) is 0.974. The molecule has 0 saturated carbocycles. The normalized spacial score (nSPS) is 10.7. The number of imide groups is 1. The second-order valence-corrected chi connectivity index (χ2v) is 7.11. The Morgan fingerprint density at radius 2 is 1.71 bits per heavy atom. The van der Waals surface area contributed by atoms with E-state index < -0.39 is 18.4 Å². The predicted molar refractivity (Wildman–Crippen MR) is 109 cm³/mol. The van der Waals surface area contributed by atoms with Gasteiger partial charge in [-0.05, 0) is 48.5 Å². The summed E-state index contributed by atoms with van der Waals surface area (Å²) in [6.07, 6.45) is 0. The molecule has 0 radical (unpaired) electrons. The molecule has 0 spiro atoms. The highest BCUT2D eigenvalue weighted by molar-refractivity contribution is 7.99. The van der Waals surface area contributed by atoms with Gasteiger partial charge in [0.05, 0.1) is 12.9 Å². The van der Waals surface area contributed by atoms with Crippen LogP contribution in [0.2, 0.25) is 0 Å². The highest BCUT2D eigenvalue weighted by Gasteiger charge is 2.15. The Balaban J connectivity index is 1.55. The van der Waals surface area contributed by atoms with Crippen LogP contribution in [-0.4, -0.2) is 46.1 Å². The molecule has 1 N–H and O–H groups in total. The van der Waals surface area contributed by atoms with E-state index in [9.17, 15) is 18.4 Å². The lowest BCUT2D eigenvalue weighted by Gasteiger charge is -2.07. The molecule has 8 nitrogen and oxygen atoms in total. The van der Waals surface area contributed by atoms with Gasteiger partial charge in [0.25, 0.3) is 5.91 Å². The molecule has 2 amide bonds. The first-order valence-electron chi connectivity index (χ1n) is 8.93. The number of halogens is 2. The van der Waals surface area contributed by atoms with Gasteiger partial charge in [0.15, 0.2) is 11.0 Å². The molecule has 1 aromatic heterocycles. The van der Waals surface area contributed by atoms with E-state index in [1.165, 1.54) is 24.3 Å². The first-order chi connectivity index (χ1) is 14.9. The van der Waals surface area contributed by atoms with E-state index >= 15 is 0 Å². The lowest BCUT2D eigenvalue weighted by Crippen LogP contribution is -2.31. The molecule has 0 aliphatic heterocycles. The zero-order chi connectivity index (χ0) is 22.4. The fourth-order valence-electron chi connectivity index (χ4n) is 2.58. The van der Waals surface area contributed by atoms with Gasteiger partial charge in [0.1, 0.15) is 11.5 Å². The fourth-order valence-corrected chi connectivity index (χ4v) is 3.30. The van der Waals surface area contributed by atoms with Crippen LogP contribution >= 0.6 is 11.8 Å². The summed E-state index contributed by atoms with van der Waals surface area (Å²) in [5.74, 6) is 0.0181. The molecule has 31 heavy (non-hydrogen) atoms. The third kappa shape index (κ3) is 5.79. The standard InChI is InChI=1S/C20H18F2N4O4S/c1-26-17(12-3-7-14(29-2)8-4-12)24-25-20(26)31-11-16(27)23-18(28)13-5-9-15(10-6-13)30-19(21)22/h3-10,19H,11H2,1-2H3,(H,23,27,28). The minimum atomic E-state index is -2.95. The summed E-state index contributed by atoms with van der Waals surface area (Å²) < 4.78 is 35.4. The van der Waals surface area contributed by atoms with E-state index in [0.29, 0.717) is 11.0 Å². The van der Waals surface area contributed by atoms with Crippen molar-refractivity contribution < 1.29 is 27.8 Å². The van der Waals surface area contributed by atoms with Crippen LogP contribution in [0.5, 0.6) is 11.5 Å². The van der Waals surface area contributed by atoms with Crippen molar-refractivity contribution in [2.24, 2.45) is 7.05 Å². The number of rotatable bonds is 8. The number of nitrogens with one attached hydrogen (secondary N) is 1. The van der Waals surface area contributed by atoms with Gasteiger partial charge >= 0.3 is 6.61 Å². The molecule has 1 heterocycles. The zero-order valence-electron chi connectivity index (χ0n) is 16.5. The van der Waals surface area contributed by atoms with Gasteiger partial charge in [0.2, 0.25) is 5.91 Å². The number of alkyl halides is 2. The molecule has 0 fully saturated rings. The largest absolute Gasteiger partial charge is 0.497 e. The maximum absolute atomic E-state index is 12.2. The Bertz CT molecular complexity index is 1060. The van der Waals surface area contributed by atoms with Gasteiger partial charge in [-0.1, -0.05) is 11.8 Å². The van der Waals surface area contributed by atoms with E-state index in [-0.39, 0.29) is 17.1 Å². The average molecular weight is 448 g/mol. The van der Waals surface area contributed by atoms with Crippen molar-refractivity contribution in [3.8, 4) is 22.9 Å². The SMILES string of the molecule is COc1ccc(-c2nnc(SCC(=O)NC(=O)c3ccc(OC(F)F)cc3)n2C)cc1. The highest BCUT2D eigenvalue weighted by atomic mass is 32.2. The summed E-state index contributed by atoms with van der Waals surface area (Å²) >= 11 is 1.12. The summed E-state index contributed by atoms with van der Waals surface area (Å²) in [4.78, 5) is 24.3. The number of hydrogen-bond acceptors (Lipinski definition) is 7. The van der Waals surface area contributed by atoms with Crippen LogP contribution in [0.15, 0.2) is 53.7 Å². The molecular formula is C20H18F2N4O4S. The maximum atomic E-state index is 12.2. The van der Waals surface area contributed by atoms with Crippen molar-refractivity contribution in [1.82, 2.24) is 20.1 Å². The maximum Gasteiger partial charge on any atom is 0.387 e. The van der Waals surface area contributed by atoms with E-state index in [2.05, 4.69) is 20.3 Å². The van der Waals surface area contributed by atoms with Crippen molar-refractivity contribution in [2.75, 3.05) is 12.9 Å². The number of methoxy groups -OCH3 is 1. The van der Waals surface area contributed by atoms with Crippen LogP contribution in [0.3, 0.4) is 0 Å². The minimum absolute atomic E-state index is 0.0626. The smallest absolute Gasteiger partial charge is 0.387 e. The second kappa shape index (κ2) is 10.0. The van der Waals surface area contributed by atoms with E-state index in [1.54, 1.807) is 18.7 Å². The van der Waals surface area contributed by atoms with Crippen LogP contribution in [0.1, 0.15) is 10.4 Å². The number of aromatic nitrogens is 3. The van der Waals surface area contributed by atoms with Crippen molar-refractivity contribution >= 4 is 23.6 Å². The summed E-state index contributed by atoms with van der Waals surface area (Å²) in [7, 11) is 3.35. The number of benzene rings is 2. The van der Waals surface area contributed by atoms with Gasteiger partial charge in [0, 0.05) is 18.2 Å². The summed E-state index contributed by atoms with van der Waals surface area (Å²) in [5, 5.41) is 11.0. The topological polar surface area (TPSA) is 95.3 Å². The van der Waals surface area contributed by atoms with Crippen LogP contribution in [-0.2, 0) is 11.8 Å². The molecule has 0 bridgehead atoms. The zero-order valence-corrected chi connectivity index (χ0v) is 17.4. The molecule has 0 aliphatic carbocycles. The fraction of sp³-hybridized carbons (Fsp3) is 0.200.